The molecule has 0 aromatic heterocycles. The first-order valence-corrected chi connectivity index (χ1v) is 39.5. The molecule has 9 saturated heterocycles. The Balaban J connectivity index is 0.000000529. The summed E-state index contributed by atoms with van der Waals surface area (Å²) in [5, 5.41) is 0. The Morgan fingerprint density at radius 2 is 0.734 bits per heavy atom. The predicted octanol–water partition coefficient (Wildman–Crippen LogP) is 8.09. The summed E-state index contributed by atoms with van der Waals surface area (Å²) in [6.07, 6.45) is 4.58. The lowest BCUT2D eigenvalue weighted by atomic mass is 9.82. The lowest BCUT2D eigenvalue weighted by Gasteiger charge is -2.38. The van der Waals surface area contributed by atoms with Crippen LogP contribution in [0.5, 0.6) is 0 Å². The number of carbonyl (C=O) groups excluding carboxylic acids is 4. The van der Waals surface area contributed by atoms with Crippen molar-refractivity contribution in [2.45, 2.75) is 232 Å². The first-order chi connectivity index (χ1) is 43.7. The van der Waals surface area contributed by atoms with E-state index in [0.717, 1.165) is 90.1 Å². The number of piperazine rings is 3. The lowest BCUT2D eigenvalue weighted by Crippen LogP contribution is -2.51. The maximum atomic E-state index is 11.6. The number of piperidine rings is 2. The fourth-order valence-corrected chi connectivity index (χ4v) is 13.9. The fourth-order valence-electron chi connectivity index (χ4n) is 11.8. The first-order valence-electron chi connectivity index (χ1n) is 36.6. The van der Waals surface area contributed by atoms with Gasteiger partial charge in [0.05, 0.1) is 44.4 Å². The molecule has 20 nitrogen and oxygen atoms in total. The van der Waals surface area contributed by atoms with E-state index < -0.39 is 9.84 Å². The van der Waals surface area contributed by atoms with Gasteiger partial charge in [0.15, 0.2) is 9.84 Å². The van der Waals surface area contributed by atoms with Crippen LogP contribution in [0.15, 0.2) is 0 Å². The van der Waals surface area contributed by atoms with Crippen molar-refractivity contribution in [3.8, 4) is 0 Å². The van der Waals surface area contributed by atoms with Crippen molar-refractivity contribution < 1.29 is 37.1 Å². The summed E-state index contributed by atoms with van der Waals surface area (Å²) < 4.78 is 32.2. The van der Waals surface area contributed by atoms with Gasteiger partial charge >= 0.3 is 0 Å². The Labute approximate surface area is 582 Å². The smallest absolute Gasteiger partial charge is 0.248 e. The molecule has 0 aromatic carbocycles. The number of hydrogen-bond donors (Lipinski definition) is 0. The number of ether oxygens (including phenoxy) is 2. The van der Waals surface area contributed by atoms with E-state index in [4.69, 9.17) is 9.47 Å². The molecule has 0 unspecified atom stereocenters. The van der Waals surface area contributed by atoms with Gasteiger partial charge in [-0.1, -0.05) is 27.7 Å². The Kier molecular flexibility index (Phi) is 44.2. The Hall–Kier alpha value is -2.22. The SMILES string of the molecule is CC(C)N1CCC(C)(C)CC1.CC(C)N1CCC(C)(C)CC1=O.CC(C)N1CCN(C)C(=O)C1.CC(C)N1CCN(C)CC1.CC(C)N1CCN(C)CC1=O.CC(C)N1CCOCC1.CC(C)N1CCOCC1=O.CC(C)N1CCS(=O)(=O)CC1.CC(C)N1CCSCC1. The van der Waals surface area contributed by atoms with Gasteiger partial charge in [-0.05, 0) is 182 Å². The van der Waals surface area contributed by atoms with E-state index in [1.54, 1.807) is 4.90 Å². The van der Waals surface area contributed by atoms with E-state index in [9.17, 15) is 27.6 Å². The van der Waals surface area contributed by atoms with Crippen LogP contribution in [-0.4, -0.2) is 347 Å². The highest BCUT2D eigenvalue weighted by molar-refractivity contribution is 7.99. The Bertz CT molecular complexity index is 2120. The van der Waals surface area contributed by atoms with E-state index in [-0.39, 0.29) is 29.7 Å². The van der Waals surface area contributed by atoms with Gasteiger partial charge in [-0.2, -0.15) is 11.8 Å². The number of hydrogen-bond acceptors (Lipinski definition) is 17. The molecule has 0 saturated carbocycles. The molecule has 9 fully saturated rings. The van der Waals surface area contributed by atoms with Gasteiger partial charge in [-0.25, -0.2) is 8.42 Å². The molecule has 0 atom stereocenters. The predicted molar refractivity (Wildman–Crippen MR) is 397 cm³/mol. The van der Waals surface area contributed by atoms with Crippen molar-refractivity contribution in [3.63, 3.8) is 0 Å². The summed E-state index contributed by atoms with van der Waals surface area (Å²) in [6.45, 7) is 71.1. The average Bonchev–Trinajstić information content (AvgIpc) is 0.960. The molecule has 9 aliphatic rings. The van der Waals surface area contributed by atoms with Crippen molar-refractivity contribution in [3.05, 3.63) is 0 Å². The first kappa shape index (κ1) is 89.8. The number of rotatable bonds is 9. The van der Waals surface area contributed by atoms with Crippen molar-refractivity contribution in [1.82, 2.24) is 58.8 Å². The maximum absolute atomic E-state index is 11.6. The van der Waals surface area contributed by atoms with Crippen molar-refractivity contribution in [2.75, 3.05) is 201 Å². The molecule has 0 aliphatic carbocycles. The second-order valence-electron chi connectivity index (χ2n) is 31.3. The van der Waals surface area contributed by atoms with Crippen LogP contribution in [0.1, 0.15) is 178 Å². The quantitative estimate of drug-likeness (QED) is 0.218. The van der Waals surface area contributed by atoms with Crippen LogP contribution in [0.25, 0.3) is 0 Å². The minimum atomic E-state index is -2.69. The lowest BCUT2D eigenvalue weighted by molar-refractivity contribution is -0.144. The second-order valence-corrected chi connectivity index (χ2v) is 34.8. The number of likely N-dealkylation sites (N-methyl/N-ethyl adjacent to an activating group) is 3. The number of sulfone groups is 1. The highest BCUT2D eigenvalue weighted by Gasteiger charge is 2.33. The molecule has 9 heterocycles. The van der Waals surface area contributed by atoms with Crippen molar-refractivity contribution >= 4 is 45.2 Å². The molecular weight excluding hydrogens is 1230 g/mol. The molecule has 0 bridgehead atoms. The molecule has 0 aromatic rings. The molecule has 0 N–H and O–H groups in total. The van der Waals surface area contributed by atoms with E-state index >= 15 is 0 Å². The van der Waals surface area contributed by atoms with Crippen LogP contribution in [0.3, 0.4) is 0 Å². The third-order valence-corrected chi connectivity index (χ3v) is 21.9. The third kappa shape index (κ3) is 38.4. The van der Waals surface area contributed by atoms with E-state index in [1.165, 1.54) is 76.7 Å². The number of thioether (sulfide) groups is 1. The van der Waals surface area contributed by atoms with Crippen LogP contribution < -0.4 is 0 Å². The van der Waals surface area contributed by atoms with Crippen LogP contribution in [0.4, 0.5) is 0 Å². The third-order valence-electron chi connectivity index (χ3n) is 19.3. The summed E-state index contributed by atoms with van der Waals surface area (Å²) in [6, 6.07) is 4.93. The zero-order chi connectivity index (χ0) is 71.7. The molecule has 9 rings (SSSR count). The van der Waals surface area contributed by atoms with E-state index in [0.29, 0.717) is 98.3 Å². The monoisotopic (exact) mass is 1370 g/mol. The highest BCUT2D eigenvalue weighted by Crippen LogP contribution is 2.32. The zero-order valence-electron chi connectivity index (χ0n) is 65.3. The number of morpholine rings is 2. The zero-order valence-corrected chi connectivity index (χ0v) is 66.9. The molecule has 556 valence electrons. The summed E-state index contributed by atoms with van der Waals surface area (Å²) in [7, 11) is 3.34. The summed E-state index contributed by atoms with van der Waals surface area (Å²) in [5.41, 5.74) is 0.827. The number of amides is 4. The van der Waals surface area contributed by atoms with Crippen molar-refractivity contribution in [2.24, 2.45) is 10.8 Å². The minimum Gasteiger partial charge on any atom is -0.379 e. The van der Waals surface area contributed by atoms with Gasteiger partial charge in [0.1, 0.15) is 6.61 Å². The number of carbonyl (C=O) groups is 4. The van der Waals surface area contributed by atoms with Gasteiger partial charge in [0.2, 0.25) is 23.6 Å². The standard InChI is InChI=1S/C10H19NO.C10H21N.2C8H16N2O.C8H18N2.C7H15NO2S.C7H13NO2.C7H15NO.C7H15NS/c1-8(2)11-6-5-10(3,4)7-9(11)12;1-9(2)11-7-5-10(3,4)6-8-11;1-7(2)10-5-4-9(3)8(11)6-10;1-7(2)10-5-4-9(3)6-8(10)11;1-8(2)10-6-4-9(3)5-7-10;1-7(2)8-3-5-11(9,10)6-4-8;1-6(2)8-3-4-10-5-7(8)9;2*1-7(2)8-3-5-9-6-4-8/h8H,5-7H2,1-4H3;9H,5-8H2,1-4H3;2*7H,4-6H2,1-3H3;8H,4-7H2,1-3H3;7H,3-6H2,1-2H3;6H,3-5H2,1-2H3;2*7H,3-6H2,1-2H3. The summed E-state index contributed by atoms with van der Waals surface area (Å²) >= 11 is 2.07. The maximum Gasteiger partial charge on any atom is 0.248 e. The highest BCUT2D eigenvalue weighted by atomic mass is 32.2. The topological polar surface area (TPSA) is 160 Å². The van der Waals surface area contributed by atoms with E-state index in [2.05, 4.69) is 196 Å². The van der Waals surface area contributed by atoms with Gasteiger partial charge in [-0.15, -0.1) is 0 Å². The van der Waals surface area contributed by atoms with Gasteiger partial charge in [-0.3, -0.25) is 48.6 Å². The van der Waals surface area contributed by atoms with Gasteiger partial charge in [0, 0.05) is 184 Å². The molecular formula is C72H148N12O8S2. The molecule has 9 aliphatic heterocycles. The molecule has 94 heavy (non-hydrogen) atoms. The van der Waals surface area contributed by atoms with E-state index in [1.807, 2.05) is 42.6 Å². The normalized spacial score (nSPS) is 23.2. The average molecular weight is 1370 g/mol. The minimum absolute atomic E-state index is 0.112. The second kappa shape index (κ2) is 46.3. The van der Waals surface area contributed by atoms with Gasteiger partial charge in [0.25, 0.3) is 0 Å². The van der Waals surface area contributed by atoms with Crippen LogP contribution in [0, 0.1) is 10.8 Å². The van der Waals surface area contributed by atoms with Crippen molar-refractivity contribution in [1.29, 1.82) is 0 Å². The molecule has 0 radical (unpaired) electrons. The van der Waals surface area contributed by atoms with Crippen LogP contribution in [0.2, 0.25) is 0 Å². The van der Waals surface area contributed by atoms with Crippen LogP contribution in [-0.2, 0) is 38.5 Å². The van der Waals surface area contributed by atoms with Crippen LogP contribution >= 0.6 is 11.8 Å². The molecule has 22 heteroatoms. The molecule has 4 amide bonds. The fraction of sp³-hybridized carbons (Fsp3) is 0.944. The number of likely N-dealkylation sites (tertiary alicyclic amines) is 2. The Morgan fingerprint density at radius 1 is 0.351 bits per heavy atom. The summed E-state index contributed by atoms with van der Waals surface area (Å²) in [5.74, 6) is 4.27. The van der Waals surface area contributed by atoms with Gasteiger partial charge < -0.3 is 38.9 Å². The number of nitrogens with zero attached hydrogens (tertiary/aromatic N) is 12. The summed E-state index contributed by atoms with van der Waals surface area (Å²) in [4.78, 5) is 71.6. The molecule has 0 spiro atoms. The Morgan fingerprint density at radius 3 is 1.13 bits per heavy atom. The largest absolute Gasteiger partial charge is 0.379 e.